The van der Waals surface area contributed by atoms with E-state index in [-0.39, 0.29) is 38.9 Å². The highest BCUT2D eigenvalue weighted by molar-refractivity contribution is 7.15. The molecule has 35 heavy (non-hydrogen) atoms. The molecule has 3 aromatic rings. The molecule has 3 rings (SSSR count). The molecule has 2 atom stereocenters. The highest BCUT2D eigenvalue weighted by Gasteiger charge is 2.45. The van der Waals surface area contributed by atoms with Crippen molar-refractivity contribution in [3.05, 3.63) is 69.7 Å². The largest absolute Gasteiger partial charge is 0.479 e. The molecular formula is C24H21F6NO3S. The number of alkyl halides is 6. The molecule has 0 spiro atoms. The predicted octanol–water partition coefficient (Wildman–Crippen LogP) is 7.49. The van der Waals surface area contributed by atoms with Crippen LogP contribution in [0.25, 0.3) is 10.6 Å². The number of carboxylic acids is 1. The molecule has 0 bridgehead atoms. The fourth-order valence-electron chi connectivity index (χ4n) is 3.33. The van der Waals surface area contributed by atoms with Gasteiger partial charge < -0.3 is 9.84 Å². The molecule has 0 saturated heterocycles. The molecule has 0 aliphatic carbocycles. The summed E-state index contributed by atoms with van der Waals surface area (Å²) in [5.41, 5.74) is -1.06. The number of nitrogens with zero attached hydrogens (tertiary/aromatic N) is 1. The maximum Gasteiger partial charge on any atom is 0.416 e. The SMILES string of the molecule is CCC(Oc1ccc(C(F)(F)C(F)c2sc(-c3ccc(C(F)(F)F)cc3)nc2C)cc1C)C(=O)O. The number of hydrogen-bond donors (Lipinski definition) is 1. The number of aryl methyl sites for hydroxylation is 2. The molecule has 4 nitrogen and oxygen atoms in total. The molecule has 2 unspecified atom stereocenters. The fourth-order valence-corrected chi connectivity index (χ4v) is 4.42. The van der Waals surface area contributed by atoms with Gasteiger partial charge in [0.15, 0.2) is 6.10 Å². The minimum atomic E-state index is -4.53. The standard InChI is InChI=1S/C24H21F6NO3S/c1-4-17(22(32)33)34-18-10-9-16(11-12(18)2)23(26,27)20(25)19-13(3)31-21(35-19)14-5-7-15(8-6-14)24(28,29)30/h5-11,17,20H,4H2,1-3H3,(H,32,33). The van der Waals surface area contributed by atoms with Crippen molar-refractivity contribution in [1.82, 2.24) is 4.98 Å². The summed E-state index contributed by atoms with van der Waals surface area (Å²) in [7, 11) is 0. The van der Waals surface area contributed by atoms with Gasteiger partial charge >= 0.3 is 18.1 Å². The van der Waals surface area contributed by atoms with Crippen LogP contribution in [0.3, 0.4) is 0 Å². The van der Waals surface area contributed by atoms with Crippen LogP contribution in [0, 0.1) is 13.8 Å². The number of halogens is 6. The Labute approximate surface area is 201 Å². The van der Waals surface area contributed by atoms with Gasteiger partial charge in [0.1, 0.15) is 10.8 Å². The van der Waals surface area contributed by atoms with Crippen molar-refractivity contribution in [2.45, 2.75) is 51.6 Å². The zero-order valence-electron chi connectivity index (χ0n) is 18.8. The van der Waals surface area contributed by atoms with E-state index >= 15 is 13.2 Å². The van der Waals surface area contributed by atoms with E-state index in [4.69, 9.17) is 9.84 Å². The lowest BCUT2D eigenvalue weighted by Crippen LogP contribution is -2.26. The van der Waals surface area contributed by atoms with Crippen LogP contribution in [-0.4, -0.2) is 22.2 Å². The van der Waals surface area contributed by atoms with Crippen molar-refractivity contribution < 1.29 is 41.0 Å². The number of hydrogen-bond acceptors (Lipinski definition) is 4. The lowest BCUT2D eigenvalue weighted by molar-refractivity contribution is -0.145. The van der Waals surface area contributed by atoms with Gasteiger partial charge in [-0.1, -0.05) is 19.1 Å². The molecule has 0 amide bonds. The summed E-state index contributed by atoms with van der Waals surface area (Å²) in [4.78, 5) is 14.9. The zero-order valence-corrected chi connectivity index (χ0v) is 19.6. The number of aromatic nitrogens is 1. The quantitative estimate of drug-likeness (QED) is 0.315. The number of thiazole rings is 1. The Hall–Kier alpha value is -3.08. The van der Waals surface area contributed by atoms with Crippen molar-refractivity contribution in [3.8, 4) is 16.3 Å². The summed E-state index contributed by atoms with van der Waals surface area (Å²) in [5, 5.41) is 9.23. The van der Waals surface area contributed by atoms with E-state index in [1.165, 1.54) is 19.9 Å². The molecule has 1 heterocycles. The van der Waals surface area contributed by atoms with Crippen molar-refractivity contribution in [2.24, 2.45) is 0 Å². The Morgan fingerprint density at radius 1 is 1.06 bits per heavy atom. The summed E-state index contributed by atoms with van der Waals surface area (Å²) in [6.07, 6.45) is -8.29. The van der Waals surface area contributed by atoms with Crippen molar-refractivity contribution in [1.29, 1.82) is 0 Å². The van der Waals surface area contributed by atoms with E-state index in [9.17, 15) is 18.0 Å². The lowest BCUT2D eigenvalue weighted by Gasteiger charge is -2.22. The van der Waals surface area contributed by atoms with Gasteiger partial charge in [0.05, 0.1) is 16.1 Å². The Bertz CT molecular complexity index is 1210. The average molecular weight is 517 g/mol. The van der Waals surface area contributed by atoms with Gasteiger partial charge in [-0.25, -0.2) is 14.2 Å². The number of carboxylic acid groups (broad SMARTS) is 1. The van der Waals surface area contributed by atoms with Crippen LogP contribution in [0.4, 0.5) is 26.3 Å². The topological polar surface area (TPSA) is 59.4 Å². The second kappa shape index (κ2) is 9.88. The normalized spacial score (nSPS) is 14.0. The third-order valence-corrected chi connectivity index (χ3v) is 6.56. The smallest absolute Gasteiger partial charge is 0.416 e. The first-order chi connectivity index (χ1) is 16.3. The number of carbonyl (C=O) groups is 1. The van der Waals surface area contributed by atoms with Gasteiger partial charge in [0.2, 0.25) is 6.17 Å². The lowest BCUT2D eigenvalue weighted by atomic mass is 10.00. The summed E-state index contributed by atoms with van der Waals surface area (Å²) in [5.74, 6) is -5.07. The number of benzene rings is 2. The van der Waals surface area contributed by atoms with Gasteiger partial charge in [-0.15, -0.1) is 11.3 Å². The van der Waals surface area contributed by atoms with Crippen molar-refractivity contribution >= 4 is 17.3 Å². The van der Waals surface area contributed by atoms with Gasteiger partial charge in [-0.2, -0.15) is 22.0 Å². The van der Waals surface area contributed by atoms with E-state index in [1.807, 2.05) is 0 Å². The molecule has 0 aliphatic rings. The van der Waals surface area contributed by atoms with Crippen LogP contribution < -0.4 is 4.74 Å². The molecule has 0 aliphatic heterocycles. The highest BCUT2D eigenvalue weighted by atomic mass is 32.1. The number of rotatable bonds is 8. The molecule has 0 fully saturated rings. The van der Waals surface area contributed by atoms with Gasteiger partial charge in [0, 0.05) is 11.1 Å². The maximum absolute atomic E-state index is 15.2. The van der Waals surface area contributed by atoms with Gasteiger partial charge in [0.25, 0.3) is 0 Å². The average Bonchev–Trinajstić information content (AvgIpc) is 3.18. The van der Waals surface area contributed by atoms with E-state index in [0.717, 1.165) is 36.4 Å². The van der Waals surface area contributed by atoms with Crippen molar-refractivity contribution in [3.63, 3.8) is 0 Å². The van der Waals surface area contributed by atoms with Crippen LogP contribution in [-0.2, 0) is 16.9 Å². The summed E-state index contributed by atoms with van der Waals surface area (Å²) in [6.45, 7) is 4.39. The highest BCUT2D eigenvalue weighted by Crippen LogP contribution is 2.47. The first kappa shape index (κ1) is 26.5. The molecule has 1 aromatic heterocycles. The number of ether oxygens (including phenoxy) is 1. The molecule has 2 aromatic carbocycles. The first-order valence-corrected chi connectivity index (χ1v) is 11.2. The second-order valence-electron chi connectivity index (χ2n) is 7.86. The van der Waals surface area contributed by atoms with Crippen LogP contribution in [0.5, 0.6) is 5.75 Å². The summed E-state index contributed by atoms with van der Waals surface area (Å²) < 4.78 is 89.1. The van der Waals surface area contributed by atoms with Gasteiger partial charge in [-0.3, -0.25) is 0 Å². The van der Waals surface area contributed by atoms with Crippen LogP contribution in [0.2, 0.25) is 0 Å². The second-order valence-corrected chi connectivity index (χ2v) is 8.89. The Morgan fingerprint density at radius 3 is 2.17 bits per heavy atom. The minimum absolute atomic E-state index is 0.000920. The third-order valence-electron chi connectivity index (χ3n) is 5.32. The maximum atomic E-state index is 15.2. The van der Waals surface area contributed by atoms with Gasteiger partial charge in [-0.05, 0) is 56.2 Å². The van der Waals surface area contributed by atoms with Crippen LogP contribution >= 0.6 is 11.3 Å². The molecule has 0 saturated carbocycles. The van der Waals surface area contributed by atoms with Crippen molar-refractivity contribution in [2.75, 3.05) is 0 Å². The van der Waals surface area contributed by atoms with Crippen LogP contribution in [0.1, 0.15) is 46.8 Å². The summed E-state index contributed by atoms with van der Waals surface area (Å²) in [6, 6.07) is 7.16. The third kappa shape index (κ3) is 5.61. The molecule has 11 heteroatoms. The number of aliphatic carboxylic acids is 1. The first-order valence-electron chi connectivity index (χ1n) is 10.4. The predicted molar refractivity (Wildman–Crippen MR) is 119 cm³/mol. The molecule has 1 N–H and O–H groups in total. The minimum Gasteiger partial charge on any atom is -0.479 e. The monoisotopic (exact) mass is 517 g/mol. The van der Waals surface area contributed by atoms with Crippen LogP contribution in [0.15, 0.2) is 42.5 Å². The Morgan fingerprint density at radius 2 is 1.66 bits per heavy atom. The fraction of sp³-hybridized carbons (Fsp3) is 0.333. The molecular weight excluding hydrogens is 496 g/mol. The Kier molecular flexibility index (Phi) is 7.49. The van der Waals surface area contributed by atoms with E-state index < -0.39 is 41.5 Å². The molecule has 0 radical (unpaired) electrons. The zero-order chi connectivity index (χ0) is 26.1. The van der Waals surface area contributed by atoms with E-state index in [2.05, 4.69) is 4.98 Å². The van der Waals surface area contributed by atoms with E-state index in [0.29, 0.717) is 11.3 Å². The molecule has 188 valence electrons. The van der Waals surface area contributed by atoms with E-state index in [1.54, 1.807) is 6.92 Å². The Balaban J connectivity index is 1.87. The summed E-state index contributed by atoms with van der Waals surface area (Å²) >= 11 is 0.640.